The van der Waals surface area contributed by atoms with Crippen molar-refractivity contribution in [1.29, 1.82) is 0 Å². The van der Waals surface area contributed by atoms with Crippen LogP contribution in [0.1, 0.15) is 19.8 Å². The van der Waals surface area contributed by atoms with Gasteiger partial charge in [0, 0.05) is 13.1 Å². The van der Waals surface area contributed by atoms with Crippen LogP contribution in [0.25, 0.3) is 0 Å². The van der Waals surface area contributed by atoms with Gasteiger partial charge >= 0.3 is 5.97 Å². The van der Waals surface area contributed by atoms with Crippen molar-refractivity contribution in [2.45, 2.75) is 19.8 Å². The highest BCUT2D eigenvalue weighted by Gasteiger charge is 2.30. The number of carbonyl (C=O) groups excluding carboxylic acids is 1. The van der Waals surface area contributed by atoms with Crippen molar-refractivity contribution in [3.63, 3.8) is 0 Å². The van der Waals surface area contributed by atoms with Crippen LogP contribution in [-0.2, 0) is 9.53 Å². The van der Waals surface area contributed by atoms with Crippen LogP contribution in [-0.4, -0.2) is 30.6 Å². The number of rotatable bonds is 2. The molecule has 3 heteroatoms. The second-order valence-corrected chi connectivity index (χ2v) is 3.60. The van der Waals surface area contributed by atoms with E-state index in [0.717, 1.165) is 18.8 Å². The normalized spacial score (nSPS) is 21.6. The van der Waals surface area contributed by atoms with Crippen molar-refractivity contribution in [1.82, 2.24) is 4.90 Å². The highest BCUT2D eigenvalue weighted by Crippen LogP contribution is 2.29. The van der Waals surface area contributed by atoms with Gasteiger partial charge in [0.2, 0.25) is 0 Å². The minimum absolute atomic E-state index is 0.146. The van der Waals surface area contributed by atoms with Crippen molar-refractivity contribution in [2.24, 2.45) is 5.92 Å². The van der Waals surface area contributed by atoms with E-state index in [9.17, 15) is 4.79 Å². The lowest BCUT2D eigenvalue weighted by Gasteiger charge is -2.38. The van der Waals surface area contributed by atoms with Crippen LogP contribution in [0, 0.1) is 5.92 Å². The second kappa shape index (κ2) is 3.40. The molecule has 0 aromatic carbocycles. The third kappa shape index (κ3) is 1.55. The predicted octanol–water partition coefficient (Wildman–Crippen LogP) is 1.16. The summed E-state index contributed by atoms with van der Waals surface area (Å²) in [6, 6.07) is 0. The summed E-state index contributed by atoms with van der Waals surface area (Å²) in [6.45, 7) is 4.36. The fourth-order valence-corrected chi connectivity index (χ4v) is 2.04. The maximum atomic E-state index is 11.5. The Morgan fingerprint density at radius 3 is 2.77 bits per heavy atom. The van der Waals surface area contributed by atoms with Gasteiger partial charge < -0.3 is 9.64 Å². The molecule has 3 aliphatic heterocycles. The van der Waals surface area contributed by atoms with E-state index >= 15 is 0 Å². The quantitative estimate of drug-likeness (QED) is 0.599. The molecule has 72 valence electrons. The van der Waals surface area contributed by atoms with Crippen LogP contribution in [0.15, 0.2) is 11.8 Å². The van der Waals surface area contributed by atoms with E-state index in [1.54, 1.807) is 0 Å². The number of hydrogen-bond donors (Lipinski definition) is 0. The molecule has 2 bridgehead atoms. The van der Waals surface area contributed by atoms with Gasteiger partial charge in [-0.15, -0.1) is 0 Å². The van der Waals surface area contributed by atoms with Crippen LogP contribution < -0.4 is 0 Å². The lowest BCUT2D eigenvalue weighted by molar-refractivity contribution is -0.141. The molecule has 0 aliphatic carbocycles. The van der Waals surface area contributed by atoms with Gasteiger partial charge in [0.05, 0.1) is 6.61 Å². The number of ether oxygens (including phenoxy) is 1. The first kappa shape index (κ1) is 8.60. The molecule has 3 heterocycles. The Morgan fingerprint density at radius 2 is 2.31 bits per heavy atom. The fraction of sp³-hybridized carbons (Fsp3) is 0.700. The number of piperidine rings is 1. The topological polar surface area (TPSA) is 29.5 Å². The minimum atomic E-state index is -0.146. The summed E-state index contributed by atoms with van der Waals surface area (Å²) in [5.41, 5.74) is 0.796. The molecule has 0 aromatic rings. The number of esters is 1. The molecule has 3 aliphatic rings. The van der Waals surface area contributed by atoms with E-state index < -0.39 is 0 Å². The smallest absolute Gasteiger partial charge is 0.354 e. The zero-order valence-electron chi connectivity index (χ0n) is 7.95. The van der Waals surface area contributed by atoms with Gasteiger partial charge in [-0.3, -0.25) is 0 Å². The van der Waals surface area contributed by atoms with Gasteiger partial charge in [-0.2, -0.15) is 0 Å². The molecule has 1 fully saturated rings. The first-order chi connectivity index (χ1) is 6.31. The van der Waals surface area contributed by atoms with Gasteiger partial charge in [-0.25, -0.2) is 4.79 Å². The van der Waals surface area contributed by atoms with Gasteiger partial charge in [0.15, 0.2) is 0 Å². The summed E-state index contributed by atoms with van der Waals surface area (Å²) in [7, 11) is 0. The maximum absolute atomic E-state index is 11.5. The average Bonchev–Trinajstić information content (AvgIpc) is 2.20. The molecule has 13 heavy (non-hydrogen) atoms. The largest absolute Gasteiger partial charge is 0.461 e. The summed E-state index contributed by atoms with van der Waals surface area (Å²) in [5, 5.41) is 0. The summed E-state index contributed by atoms with van der Waals surface area (Å²) in [6.07, 6.45) is 4.47. The summed E-state index contributed by atoms with van der Waals surface area (Å²) in [4.78, 5) is 13.6. The summed E-state index contributed by atoms with van der Waals surface area (Å²) in [5.74, 6) is 0.469. The Kier molecular flexibility index (Phi) is 2.25. The molecule has 0 unspecified atom stereocenters. The Balaban J connectivity index is 2.10. The molecule has 3 rings (SSSR count). The third-order valence-corrected chi connectivity index (χ3v) is 2.76. The van der Waals surface area contributed by atoms with Crippen molar-refractivity contribution in [3.05, 3.63) is 11.8 Å². The van der Waals surface area contributed by atoms with Crippen LogP contribution in [0.3, 0.4) is 0 Å². The maximum Gasteiger partial charge on any atom is 0.354 e. The van der Waals surface area contributed by atoms with Crippen LogP contribution in [0.4, 0.5) is 0 Å². The Morgan fingerprint density at radius 1 is 1.62 bits per heavy atom. The molecule has 0 saturated carbocycles. The molecule has 0 N–H and O–H groups in total. The third-order valence-electron chi connectivity index (χ3n) is 2.76. The molecule has 3 nitrogen and oxygen atoms in total. The van der Waals surface area contributed by atoms with E-state index in [4.69, 9.17) is 4.74 Å². The first-order valence-corrected chi connectivity index (χ1v) is 4.95. The number of nitrogens with zero attached hydrogens (tertiary/aromatic N) is 1. The van der Waals surface area contributed by atoms with Gasteiger partial charge in [0.25, 0.3) is 0 Å². The number of carbonyl (C=O) groups is 1. The van der Waals surface area contributed by atoms with Crippen LogP contribution in [0.2, 0.25) is 0 Å². The van der Waals surface area contributed by atoms with E-state index in [1.165, 1.54) is 12.8 Å². The summed E-state index contributed by atoms with van der Waals surface area (Å²) >= 11 is 0. The summed E-state index contributed by atoms with van der Waals surface area (Å²) < 4.78 is 4.99. The molecule has 0 atom stereocenters. The van der Waals surface area contributed by atoms with Crippen molar-refractivity contribution >= 4 is 5.97 Å². The molecule has 1 saturated heterocycles. The fourth-order valence-electron chi connectivity index (χ4n) is 2.04. The van der Waals surface area contributed by atoms with Gasteiger partial charge in [-0.05, 0) is 25.7 Å². The van der Waals surface area contributed by atoms with E-state index in [1.807, 2.05) is 6.92 Å². The number of hydrogen-bond acceptors (Lipinski definition) is 3. The lowest BCUT2D eigenvalue weighted by Crippen LogP contribution is -2.40. The van der Waals surface area contributed by atoms with E-state index in [-0.39, 0.29) is 5.97 Å². The van der Waals surface area contributed by atoms with Gasteiger partial charge in [0.1, 0.15) is 5.70 Å². The highest BCUT2D eigenvalue weighted by atomic mass is 16.5. The van der Waals surface area contributed by atoms with E-state index in [0.29, 0.717) is 12.5 Å². The Hall–Kier alpha value is -0.990. The van der Waals surface area contributed by atoms with Crippen molar-refractivity contribution in [2.75, 3.05) is 19.7 Å². The van der Waals surface area contributed by atoms with E-state index in [2.05, 4.69) is 11.0 Å². The molecular formula is C10H15NO2. The van der Waals surface area contributed by atoms with Gasteiger partial charge in [-0.1, -0.05) is 6.08 Å². The lowest BCUT2D eigenvalue weighted by atomic mass is 9.90. The standard InChI is InChI=1S/C10H15NO2/c1-2-13-10(12)9-7-8-3-5-11(9)6-4-8/h7-8H,2-6H2,1H3. The Labute approximate surface area is 78.4 Å². The monoisotopic (exact) mass is 181 g/mol. The van der Waals surface area contributed by atoms with Crippen LogP contribution >= 0.6 is 0 Å². The second-order valence-electron chi connectivity index (χ2n) is 3.60. The molecule has 0 aromatic heterocycles. The average molecular weight is 181 g/mol. The molecular weight excluding hydrogens is 166 g/mol. The molecule has 0 amide bonds. The van der Waals surface area contributed by atoms with Crippen molar-refractivity contribution in [3.8, 4) is 0 Å². The molecule has 0 spiro atoms. The SMILES string of the molecule is CCOC(=O)C1=CC2CCN1CC2. The molecule has 0 radical (unpaired) electrons. The zero-order valence-corrected chi connectivity index (χ0v) is 7.95. The zero-order chi connectivity index (χ0) is 9.26. The Bertz CT molecular complexity index is 239. The van der Waals surface area contributed by atoms with Crippen molar-refractivity contribution < 1.29 is 9.53 Å². The first-order valence-electron chi connectivity index (χ1n) is 4.95. The minimum Gasteiger partial charge on any atom is -0.461 e. The number of fused-ring (bicyclic) bond motifs is 2. The highest BCUT2D eigenvalue weighted by molar-refractivity contribution is 5.88. The predicted molar refractivity (Wildman–Crippen MR) is 49.0 cm³/mol. The van der Waals surface area contributed by atoms with Crippen LogP contribution in [0.5, 0.6) is 0 Å². The number of allylic oxidation sites excluding steroid dienone is 1.